The first-order chi connectivity index (χ1) is 12.0. The Balaban J connectivity index is 1.57. The molecule has 3 heterocycles. The SMILES string of the molecule is Cc1cc(Br)cc(C)c1N1C=C2C(=O)NC(N3C=COCC3)NC2N1. The van der Waals surface area contributed by atoms with Crippen LogP contribution in [0.4, 0.5) is 5.69 Å². The normalized spacial score (nSPS) is 25.4. The van der Waals surface area contributed by atoms with Crippen molar-refractivity contribution in [3.8, 4) is 0 Å². The maximum absolute atomic E-state index is 12.6. The summed E-state index contributed by atoms with van der Waals surface area (Å²) in [5, 5.41) is 8.35. The monoisotopic (exact) mass is 405 g/mol. The summed E-state index contributed by atoms with van der Waals surface area (Å²) in [5.41, 5.74) is 7.37. The van der Waals surface area contributed by atoms with Crippen LogP contribution in [0.5, 0.6) is 0 Å². The Morgan fingerprint density at radius 2 is 2.04 bits per heavy atom. The summed E-state index contributed by atoms with van der Waals surface area (Å²) >= 11 is 3.53. The molecule has 3 aliphatic heterocycles. The molecule has 1 aromatic carbocycles. The van der Waals surface area contributed by atoms with Crippen LogP contribution in [-0.2, 0) is 9.53 Å². The highest BCUT2D eigenvalue weighted by atomic mass is 79.9. The van der Waals surface area contributed by atoms with Crippen molar-refractivity contribution in [3.05, 3.63) is 52.0 Å². The molecule has 1 fully saturated rings. The minimum atomic E-state index is -0.269. The van der Waals surface area contributed by atoms with Crippen molar-refractivity contribution in [2.75, 3.05) is 18.2 Å². The van der Waals surface area contributed by atoms with E-state index in [1.54, 1.807) is 6.26 Å². The van der Waals surface area contributed by atoms with Crippen LogP contribution < -0.4 is 21.1 Å². The number of halogens is 1. The molecule has 0 saturated carbocycles. The van der Waals surface area contributed by atoms with Gasteiger partial charge in [-0.05, 0) is 37.1 Å². The number of amides is 1. The topological polar surface area (TPSA) is 68.9 Å². The van der Waals surface area contributed by atoms with Crippen LogP contribution in [0.2, 0.25) is 0 Å². The number of hydrazine groups is 1. The van der Waals surface area contributed by atoms with Crippen LogP contribution in [0.3, 0.4) is 0 Å². The number of carbonyl (C=O) groups excluding carboxylic acids is 1. The summed E-state index contributed by atoms with van der Waals surface area (Å²) in [4.78, 5) is 14.6. The molecule has 3 aliphatic rings. The molecule has 0 spiro atoms. The van der Waals surface area contributed by atoms with Crippen LogP contribution >= 0.6 is 15.9 Å². The Kier molecular flexibility index (Phi) is 4.18. The van der Waals surface area contributed by atoms with Crippen LogP contribution in [0.25, 0.3) is 0 Å². The number of hydrogen-bond donors (Lipinski definition) is 3. The fourth-order valence-electron chi connectivity index (χ4n) is 3.41. The predicted molar refractivity (Wildman–Crippen MR) is 98.0 cm³/mol. The largest absolute Gasteiger partial charge is 0.498 e. The minimum Gasteiger partial charge on any atom is -0.498 e. The molecular formula is C17H20BrN5O2. The molecule has 1 amide bonds. The lowest BCUT2D eigenvalue weighted by molar-refractivity contribution is -0.121. The van der Waals surface area contributed by atoms with Crippen molar-refractivity contribution in [2.45, 2.75) is 26.3 Å². The van der Waals surface area contributed by atoms with Crippen molar-refractivity contribution in [2.24, 2.45) is 0 Å². The molecule has 3 N–H and O–H groups in total. The van der Waals surface area contributed by atoms with E-state index in [-0.39, 0.29) is 18.4 Å². The van der Waals surface area contributed by atoms with Gasteiger partial charge in [-0.25, -0.2) is 5.43 Å². The molecule has 4 rings (SSSR count). The van der Waals surface area contributed by atoms with Gasteiger partial charge in [-0.15, -0.1) is 0 Å². The van der Waals surface area contributed by atoms with Gasteiger partial charge in [-0.1, -0.05) is 15.9 Å². The molecule has 2 unspecified atom stereocenters. The molecule has 8 heteroatoms. The number of rotatable bonds is 2. The van der Waals surface area contributed by atoms with Crippen molar-refractivity contribution in [1.82, 2.24) is 21.0 Å². The standard InChI is InChI=1S/C17H20BrN5O2/c1-10-7-12(18)8-11(2)14(10)23-9-13-15(21-23)19-17(20-16(13)24)22-3-5-25-6-4-22/h3,5,7-9,15,17,19,21H,4,6H2,1-2H3,(H,20,24). The van der Waals surface area contributed by atoms with Gasteiger partial charge < -0.3 is 15.0 Å². The number of ether oxygens (including phenoxy) is 1. The molecule has 132 valence electrons. The Morgan fingerprint density at radius 3 is 2.72 bits per heavy atom. The van der Waals surface area contributed by atoms with Crippen LogP contribution in [-0.4, -0.2) is 36.4 Å². The molecule has 25 heavy (non-hydrogen) atoms. The van der Waals surface area contributed by atoms with Gasteiger partial charge >= 0.3 is 0 Å². The van der Waals surface area contributed by atoms with E-state index >= 15 is 0 Å². The summed E-state index contributed by atoms with van der Waals surface area (Å²) in [5.74, 6) is -0.0731. The zero-order valence-corrected chi connectivity index (χ0v) is 15.6. The van der Waals surface area contributed by atoms with E-state index in [9.17, 15) is 4.79 Å². The molecule has 7 nitrogen and oxygen atoms in total. The first-order valence-electron chi connectivity index (χ1n) is 8.18. The van der Waals surface area contributed by atoms with Crippen LogP contribution in [0.15, 0.2) is 40.8 Å². The third-order valence-electron chi connectivity index (χ3n) is 4.55. The Bertz CT molecular complexity index is 755. The lowest BCUT2D eigenvalue weighted by Gasteiger charge is -2.38. The quantitative estimate of drug-likeness (QED) is 0.690. The van der Waals surface area contributed by atoms with Crippen molar-refractivity contribution < 1.29 is 9.53 Å². The average Bonchev–Trinajstić information content (AvgIpc) is 2.99. The Labute approximate surface area is 154 Å². The highest BCUT2D eigenvalue weighted by Crippen LogP contribution is 2.31. The van der Waals surface area contributed by atoms with E-state index in [1.165, 1.54) is 0 Å². The van der Waals surface area contributed by atoms with Crippen molar-refractivity contribution >= 4 is 27.5 Å². The minimum absolute atomic E-state index is 0.0731. The first-order valence-corrected chi connectivity index (χ1v) is 8.97. The van der Waals surface area contributed by atoms with Gasteiger partial charge in [0.1, 0.15) is 12.8 Å². The summed E-state index contributed by atoms with van der Waals surface area (Å²) in [6.45, 7) is 5.44. The average molecular weight is 406 g/mol. The highest BCUT2D eigenvalue weighted by molar-refractivity contribution is 9.10. The molecule has 0 aromatic heterocycles. The Hall–Kier alpha value is -2.03. The van der Waals surface area contributed by atoms with Gasteiger partial charge in [-0.2, -0.15) is 0 Å². The van der Waals surface area contributed by atoms with E-state index < -0.39 is 0 Å². The summed E-state index contributed by atoms with van der Waals surface area (Å²) in [7, 11) is 0. The lowest BCUT2D eigenvalue weighted by Crippen LogP contribution is -2.66. The van der Waals surface area contributed by atoms with Gasteiger partial charge in [0.2, 0.25) is 0 Å². The maximum atomic E-state index is 12.6. The zero-order chi connectivity index (χ0) is 17.6. The van der Waals surface area contributed by atoms with Gasteiger partial charge in [-0.3, -0.25) is 15.1 Å². The lowest BCUT2D eigenvalue weighted by atomic mass is 10.1. The number of fused-ring (bicyclic) bond motifs is 1. The summed E-state index contributed by atoms with van der Waals surface area (Å²) in [6.07, 6.45) is 4.84. The number of nitrogens with one attached hydrogen (secondary N) is 3. The number of aryl methyl sites for hydroxylation is 2. The second-order valence-corrected chi connectivity index (χ2v) is 7.26. The van der Waals surface area contributed by atoms with Crippen molar-refractivity contribution in [3.63, 3.8) is 0 Å². The first kappa shape index (κ1) is 16.4. The van der Waals surface area contributed by atoms with E-state index in [1.807, 2.05) is 22.3 Å². The zero-order valence-electron chi connectivity index (χ0n) is 14.0. The van der Waals surface area contributed by atoms with Crippen LogP contribution in [0, 0.1) is 13.8 Å². The molecule has 0 bridgehead atoms. The molecular weight excluding hydrogens is 386 g/mol. The molecule has 2 atom stereocenters. The molecule has 1 aromatic rings. The number of anilines is 1. The van der Waals surface area contributed by atoms with Gasteiger partial charge in [0, 0.05) is 16.9 Å². The van der Waals surface area contributed by atoms with Crippen molar-refractivity contribution in [1.29, 1.82) is 0 Å². The number of hydrogen-bond acceptors (Lipinski definition) is 6. The second-order valence-electron chi connectivity index (χ2n) is 6.34. The third-order valence-corrected chi connectivity index (χ3v) is 5.00. The molecule has 1 saturated heterocycles. The van der Waals surface area contributed by atoms with E-state index in [0.717, 1.165) is 27.8 Å². The maximum Gasteiger partial charge on any atom is 0.254 e. The fraction of sp³-hybridized carbons (Fsp3) is 0.353. The fourth-order valence-corrected chi connectivity index (χ4v) is 4.10. The number of carbonyl (C=O) groups is 1. The second kappa shape index (κ2) is 6.36. The van der Waals surface area contributed by atoms with Crippen LogP contribution in [0.1, 0.15) is 11.1 Å². The van der Waals surface area contributed by atoms with E-state index in [0.29, 0.717) is 12.2 Å². The molecule has 0 aliphatic carbocycles. The number of nitrogens with zero attached hydrogens (tertiary/aromatic N) is 2. The van der Waals surface area contributed by atoms with Gasteiger partial charge in [0.25, 0.3) is 5.91 Å². The van der Waals surface area contributed by atoms with Gasteiger partial charge in [0.15, 0.2) is 6.29 Å². The smallest absolute Gasteiger partial charge is 0.254 e. The summed E-state index contributed by atoms with van der Waals surface area (Å²) < 4.78 is 6.26. The van der Waals surface area contributed by atoms with Gasteiger partial charge in [0.05, 0.1) is 24.1 Å². The van der Waals surface area contributed by atoms with E-state index in [2.05, 4.69) is 58.0 Å². The number of benzene rings is 1. The molecule has 0 radical (unpaired) electrons. The Morgan fingerprint density at radius 1 is 1.28 bits per heavy atom. The highest BCUT2D eigenvalue weighted by Gasteiger charge is 2.38. The summed E-state index contributed by atoms with van der Waals surface area (Å²) in [6, 6.07) is 4.14. The van der Waals surface area contributed by atoms with E-state index in [4.69, 9.17) is 4.74 Å². The predicted octanol–water partition coefficient (Wildman–Crippen LogP) is 1.41. The third kappa shape index (κ3) is 3.01.